The van der Waals surface area contributed by atoms with Gasteiger partial charge in [-0.2, -0.15) is 0 Å². The summed E-state index contributed by atoms with van der Waals surface area (Å²) in [5.41, 5.74) is 5.86. The van der Waals surface area contributed by atoms with E-state index in [1.54, 1.807) is 12.1 Å². The second-order valence-corrected chi connectivity index (χ2v) is 6.27. The third-order valence-corrected chi connectivity index (χ3v) is 4.51. The molecule has 5 heteroatoms. The molecule has 0 bridgehead atoms. The zero-order valence-corrected chi connectivity index (χ0v) is 13.3. The van der Waals surface area contributed by atoms with Crippen molar-refractivity contribution < 1.29 is 4.74 Å². The molecule has 1 aliphatic heterocycles. The largest absolute Gasteiger partial charge is 0.489 e. The summed E-state index contributed by atoms with van der Waals surface area (Å²) in [5, 5.41) is 1.11. The Balaban J connectivity index is 1.86. The van der Waals surface area contributed by atoms with E-state index < -0.39 is 0 Å². The number of benzene rings is 1. The minimum absolute atomic E-state index is 0.462. The summed E-state index contributed by atoms with van der Waals surface area (Å²) in [5.74, 6) is 1.34. The van der Waals surface area contributed by atoms with Gasteiger partial charge in [-0.05, 0) is 37.4 Å². The first-order chi connectivity index (χ1) is 9.61. The molecule has 2 atom stereocenters. The lowest BCUT2D eigenvalue weighted by Crippen LogP contribution is -2.47. The topological polar surface area (TPSA) is 38.5 Å². The van der Waals surface area contributed by atoms with Crippen LogP contribution >= 0.6 is 23.2 Å². The molecular formula is C15H22Cl2N2O. The van der Waals surface area contributed by atoms with Crippen LogP contribution in [0.3, 0.4) is 0 Å². The molecular weight excluding hydrogens is 295 g/mol. The minimum atomic E-state index is 0.462. The number of piperidine rings is 1. The van der Waals surface area contributed by atoms with Crippen LogP contribution < -0.4 is 10.5 Å². The van der Waals surface area contributed by atoms with Gasteiger partial charge in [0.2, 0.25) is 0 Å². The van der Waals surface area contributed by atoms with E-state index in [0.717, 1.165) is 19.0 Å². The van der Waals surface area contributed by atoms with Crippen molar-refractivity contribution in [3.05, 3.63) is 28.2 Å². The molecule has 0 aromatic heterocycles. The molecule has 1 saturated heterocycles. The monoisotopic (exact) mass is 316 g/mol. The maximum absolute atomic E-state index is 6.08. The molecule has 112 valence electrons. The zero-order chi connectivity index (χ0) is 14.5. The van der Waals surface area contributed by atoms with Gasteiger partial charge in [-0.15, -0.1) is 0 Å². The molecule has 0 saturated carbocycles. The molecule has 0 amide bonds. The first-order valence-electron chi connectivity index (χ1n) is 7.12. The quantitative estimate of drug-likeness (QED) is 0.904. The highest BCUT2D eigenvalue weighted by Gasteiger charge is 2.24. The molecule has 1 aliphatic rings. The lowest BCUT2D eigenvalue weighted by Gasteiger charge is -2.37. The van der Waals surface area contributed by atoms with Gasteiger partial charge in [0.1, 0.15) is 6.61 Å². The van der Waals surface area contributed by atoms with Crippen LogP contribution in [0.2, 0.25) is 10.0 Å². The molecule has 1 aromatic carbocycles. The third kappa shape index (κ3) is 4.01. The van der Waals surface area contributed by atoms with Crippen LogP contribution in [-0.2, 0) is 0 Å². The number of nitrogens with two attached hydrogens (primary N) is 1. The second-order valence-electron chi connectivity index (χ2n) is 5.45. The second kappa shape index (κ2) is 7.51. The van der Waals surface area contributed by atoms with E-state index in [0.29, 0.717) is 35.0 Å². The van der Waals surface area contributed by atoms with Gasteiger partial charge in [0.05, 0.1) is 10.0 Å². The SMILES string of the molecule is CC1CCN(CCOc2c(Cl)cccc2Cl)C(CN)C1. The number of rotatable bonds is 5. The number of hydrogen-bond acceptors (Lipinski definition) is 3. The Labute approximate surface area is 131 Å². The molecule has 20 heavy (non-hydrogen) atoms. The van der Waals surface area contributed by atoms with Crippen molar-refractivity contribution in [2.75, 3.05) is 26.2 Å². The highest BCUT2D eigenvalue weighted by molar-refractivity contribution is 6.37. The Morgan fingerprint density at radius 3 is 2.70 bits per heavy atom. The van der Waals surface area contributed by atoms with E-state index in [9.17, 15) is 0 Å². The van der Waals surface area contributed by atoms with Crippen molar-refractivity contribution in [1.82, 2.24) is 4.90 Å². The normalized spacial score (nSPS) is 23.8. The Bertz CT molecular complexity index is 422. The summed E-state index contributed by atoms with van der Waals surface area (Å²) < 4.78 is 5.74. The molecule has 2 rings (SSSR count). The molecule has 3 nitrogen and oxygen atoms in total. The van der Waals surface area contributed by atoms with Crippen LogP contribution in [0.1, 0.15) is 19.8 Å². The van der Waals surface area contributed by atoms with Gasteiger partial charge in [0, 0.05) is 19.1 Å². The average molecular weight is 317 g/mol. The van der Waals surface area contributed by atoms with Gasteiger partial charge in [-0.25, -0.2) is 0 Å². The fourth-order valence-electron chi connectivity index (χ4n) is 2.73. The summed E-state index contributed by atoms with van der Waals surface area (Å²) >= 11 is 12.2. The molecule has 1 fully saturated rings. The van der Waals surface area contributed by atoms with E-state index in [2.05, 4.69) is 11.8 Å². The number of halogens is 2. The van der Waals surface area contributed by atoms with Gasteiger partial charge < -0.3 is 10.5 Å². The first kappa shape index (κ1) is 15.9. The van der Waals surface area contributed by atoms with E-state index in [1.807, 2.05) is 6.07 Å². The van der Waals surface area contributed by atoms with Crippen molar-refractivity contribution in [1.29, 1.82) is 0 Å². The smallest absolute Gasteiger partial charge is 0.156 e. The Morgan fingerprint density at radius 2 is 2.05 bits per heavy atom. The van der Waals surface area contributed by atoms with Crippen LogP contribution in [0.25, 0.3) is 0 Å². The fraction of sp³-hybridized carbons (Fsp3) is 0.600. The van der Waals surface area contributed by atoms with Crippen molar-refractivity contribution in [3.63, 3.8) is 0 Å². The molecule has 2 unspecified atom stereocenters. The fourth-order valence-corrected chi connectivity index (χ4v) is 3.23. The van der Waals surface area contributed by atoms with Crippen molar-refractivity contribution in [2.24, 2.45) is 11.7 Å². The van der Waals surface area contributed by atoms with E-state index in [-0.39, 0.29) is 0 Å². The van der Waals surface area contributed by atoms with Crippen molar-refractivity contribution >= 4 is 23.2 Å². The average Bonchev–Trinajstić information content (AvgIpc) is 2.43. The summed E-state index contributed by atoms with van der Waals surface area (Å²) in [4.78, 5) is 2.41. The summed E-state index contributed by atoms with van der Waals surface area (Å²) in [6, 6.07) is 5.85. The zero-order valence-electron chi connectivity index (χ0n) is 11.8. The lowest BCUT2D eigenvalue weighted by atomic mass is 9.92. The molecule has 2 N–H and O–H groups in total. The van der Waals surface area contributed by atoms with Gasteiger partial charge in [0.25, 0.3) is 0 Å². The summed E-state index contributed by atoms with van der Waals surface area (Å²) in [6.45, 7) is 5.52. The molecule has 1 aromatic rings. The van der Waals surface area contributed by atoms with Gasteiger partial charge >= 0.3 is 0 Å². The van der Waals surface area contributed by atoms with Crippen LogP contribution in [-0.4, -0.2) is 37.2 Å². The van der Waals surface area contributed by atoms with E-state index in [1.165, 1.54) is 12.8 Å². The maximum Gasteiger partial charge on any atom is 0.156 e. The number of ether oxygens (including phenoxy) is 1. The van der Waals surface area contributed by atoms with Crippen molar-refractivity contribution in [3.8, 4) is 5.75 Å². The van der Waals surface area contributed by atoms with Crippen LogP contribution in [0.5, 0.6) is 5.75 Å². The van der Waals surface area contributed by atoms with Gasteiger partial charge in [-0.1, -0.05) is 36.2 Å². The minimum Gasteiger partial charge on any atom is -0.489 e. The molecule has 0 spiro atoms. The first-order valence-corrected chi connectivity index (χ1v) is 7.88. The molecule has 0 radical (unpaired) electrons. The van der Waals surface area contributed by atoms with Crippen LogP contribution in [0, 0.1) is 5.92 Å². The predicted molar refractivity (Wildman–Crippen MR) is 84.8 cm³/mol. The predicted octanol–water partition coefficient (Wildman–Crippen LogP) is 3.43. The van der Waals surface area contributed by atoms with Crippen molar-refractivity contribution in [2.45, 2.75) is 25.8 Å². The van der Waals surface area contributed by atoms with Gasteiger partial charge in [0.15, 0.2) is 5.75 Å². The Kier molecular flexibility index (Phi) is 5.97. The highest BCUT2D eigenvalue weighted by atomic mass is 35.5. The summed E-state index contributed by atoms with van der Waals surface area (Å²) in [6.07, 6.45) is 2.40. The maximum atomic E-state index is 6.08. The Hall–Kier alpha value is -0.480. The summed E-state index contributed by atoms with van der Waals surface area (Å²) in [7, 11) is 0. The molecule has 1 heterocycles. The lowest BCUT2D eigenvalue weighted by molar-refractivity contribution is 0.103. The Morgan fingerprint density at radius 1 is 1.35 bits per heavy atom. The highest BCUT2D eigenvalue weighted by Crippen LogP contribution is 2.32. The van der Waals surface area contributed by atoms with E-state index >= 15 is 0 Å². The number of hydrogen-bond donors (Lipinski definition) is 1. The number of para-hydroxylation sites is 1. The number of nitrogens with zero attached hydrogens (tertiary/aromatic N) is 1. The van der Waals surface area contributed by atoms with Crippen LogP contribution in [0.4, 0.5) is 0 Å². The van der Waals surface area contributed by atoms with Crippen LogP contribution in [0.15, 0.2) is 18.2 Å². The molecule has 0 aliphatic carbocycles. The number of likely N-dealkylation sites (tertiary alicyclic amines) is 1. The van der Waals surface area contributed by atoms with Gasteiger partial charge in [-0.3, -0.25) is 4.90 Å². The third-order valence-electron chi connectivity index (χ3n) is 3.92. The standard InChI is InChI=1S/C15H22Cl2N2O/c1-11-5-6-19(12(9-11)10-18)7-8-20-15-13(16)3-2-4-14(15)17/h2-4,11-12H,5-10,18H2,1H3. The van der Waals surface area contributed by atoms with E-state index in [4.69, 9.17) is 33.7 Å².